The Morgan fingerprint density at radius 1 is 1.28 bits per heavy atom. The molecule has 1 aliphatic carbocycles. The van der Waals surface area contributed by atoms with Gasteiger partial charge in [-0.1, -0.05) is 24.6 Å². The fourth-order valence-corrected chi connectivity index (χ4v) is 3.65. The first-order valence-corrected chi connectivity index (χ1v) is 9.09. The number of benzene rings is 1. The monoisotopic (exact) mass is 340 g/mol. The number of ether oxygens (including phenoxy) is 1. The van der Waals surface area contributed by atoms with Gasteiger partial charge in [-0.2, -0.15) is 0 Å². The summed E-state index contributed by atoms with van der Waals surface area (Å²) in [6.07, 6.45) is 5.02. The minimum atomic E-state index is 0.0508. The molecule has 6 nitrogen and oxygen atoms in total. The van der Waals surface area contributed by atoms with E-state index in [9.17, 15) is 4.79 Å². The average Bonchev–Trinajstić information content (AvgIpc) is 2.93. The topological polar surface area (TPSA) is 69.0 Å². The molecule has 2 aliphatic rings. The van der Waals surface area contributed by atoms with Gasteiger partial charge in [0.05, 0.1) is 13.2 Å². The second-order valence-electron chi connectivity index (χ2n) is 7.01. The molecule has 4 rings (SSSR count). The van der Waals surface area contributed by atoms with Crippen LogP contribution >= 0.6 is 0 Å². The summed E-state index contributed by atoms with van der Waals surface area (Å²) in [5.41, 5.74) is 1.13. The lowest BCUT2D eigenvalue weighted by Crippen LogP contribution is -2.27. The zero-order valence-corrected chi connectivity index (χ0v) is 14.6. The number of amides is 1. The predicted octanol–water partition coefficient (Wildman–Crippen LogP) is 2.66. The molecule has 1 saturated carbocycles. The minimum Gasteiger partial charge on any atom is -0.493 e. The molecule has 0 bridgehead atoms. The number of carbonyl (C=O) groups is 1. The van der Waals surface area contributed by atoms with Crippen LogP contribution in [0.5, 0.6) is 5.75 Å². The van der Waals surface area contributed by atoms with Crippen LogP contribution in [-0.4, -0.2) is 27.3 Å². The molecule has 1 aromatic heterocycles. The molecule has 0 radical (unpaired) electrons. The molecule has 0 spiro atoms. The molecule has 1 atom stereocenters. The van der Waals surface area contributed by atoms with Crippen LogP contribution in [0.4, 0.5) is 0 Å². The van der Waals surface area contributed by atoms with Gasteiger partial charge in [0.25, 0.3) is 0 Å². The van der Waals surface area contributed by atoms with Crippen molar-refractivity contribution in [2.75, 3.05) is 6.61 Å². The number of rotatable bonds is 5. The maximum absolute atomic E-state index is 12.4. The van der Waals surface area contributed by atoms with Crippen LogP contribution in [0.1, 0.15) is 61.2 Å². The van der Waals surface area contributed by atoms with Crippen LogP contribution in [0.25, 0.3) is 0 Å². The van der Waals surface area contributed by atoms with Crippen LogP contribution in [0.2, 0.25) is 0 Å². The van der Waals surface area contributed by atoms with E-state index in [1.807, 2.05) is 29.8 Å². The molecule has 1 aromatic carbocycles. The molecule has 0 saturated heterocycles. The summed E-state index contributed by atoms with van der Waals surface area (Å²) in [6.45, 7) is 1.10. The Bertz CT molecular complexity index is 767. The Kier molecular flexibility index (Phi) is 4.42. The van der Waals surface area contributed by atoms with E-state index in [-0.39, 0.29) is 11.8 Å². The van der Waals surface area contributed by atoms with E-state index in [4.69, 9.17) is 4.74 Å². The molecular weight excluding hydrogens is 316 g/mol. The number of carbonyl (C=O) groups excluding carboxylic acids is 1. The van der Waals surface area contributed by atoms with Crippen molar-refractivity contribution in [2.24, 2.45) is 7.05 Å². The van der Waals surface area contributed by atoms with Crippen LogP contribution in [-0.2, 0) is 18.4 Å². The number of hydrogen-bond acceptors (Lipinski definition) is 4. The van der Waals surface area contributed by atoms with Crippen LogP contribution < -0.4 is 10.1 Å². The molecule has 2 aromatic rings. The highest BCUT2D eigenvalue weighted by Crippen LogP contribution is 2.36. The van der Waals surface area contributed by atoms with Crippen molar-refractivity contribution < 1.29 is 9.53 Å². The first kappa shape index (κ1) is 16.1. The van der Waals surface area contributed by atoms with E-state index in [2.05, 4.69) is 21.6 Å². The molecular formula is C19H24N4O2. The molecule has 0 unspecified atom stereocenters. The molecule has 2 heterocycles. The zero-order chi connectivity index (χ0) is 17.2. The lowest BCUT2D eigenvalue weighted by atomic mass is 9.85. The molecule has 6 heteroatoms. The van der Waals surface area contributed by atoms with Crippen LogP contribution in [0.3, 0.4) is 0 Å². The lowest BCUT2D eigenvalue weighted by molar-refractivity contribution is -0.121. The van der Waals surface area contributed by atoms with Crippen LogP contribution in [0.15, 0.2) is 24.3 Å². The third-order valence-corrected chi connectivity index (χ3v) is 5.43. The molecule has 132 valence electrons. The van der Waals surface area contributed by atoms with E-state index >= 15 is 0 Å². The minimum absolute atomic E-state index is 0.0508. The van der Waals surface area contributed by atoms with E-state index in [1.165, 1.54) is 19.3 Å². The van der Waals surface area contributed by atoms with Gasteiger partial charge in [-0.05, 0) is 36.8 Å². The predicted molar refractivity (Wildman–Crippen MR) is 93.4 cm³/mol. The lowest BCUT2D eigenvalue weighted by Gasteiger charge is -2.25. The van der Waals surface area contributed by atoms with E-state index in [0.29, 0.717) is 25.5 Å². The third kappa shape index (κ3) is 3.25. The van der Waals surface area contributed by atoms with Gasteiger partial charge in [-0.25, -0.2) is 0 Å². The van der Waals surface area contributed by atoms with Crippen molar-refractivity contribution in [1.82, 2.24) is 20.1 Å². The first-order valence-electron chi connectivity index (χ1n) is 9.09. The smallest absolute Gasteiger partial charge is 0.220 e. The van der Waals surface area contributed by atoms with Gasteiger partial charge < -0.3 is 14.6 Å². The Balaban J connectivity index is 1.35. The Hall–Kier alpha value is -2.37. The van der Waals surface area contributed by atoms with Crippen molar-refractivity contribution in [3.8, 4) is 5.75 Å². The summed E-state index contributed by atoms with van der Waals surface area (Å²) in [5, 5.41) is 11.6. The van der Waals surface area contributed by atoms with Crippen LogP contribution in [0, 0.1) is 0 Å². The van der Waals surface area contributed by atoms with Crippen molar-refractivity contribution >= 4 is 5.91 Å². The maximum Gasteiger partial charge on any atom is 0.220 e. The largest absolute Gasteiger partial charge is 0.493 e. The molecule has 1 aliphatic heterocycles. The third-order valence-electron chi connectivity index (χ3n) is 5.43. The summed E-state index contributed by atoms with van der Waals surface area (Å²) < 4.78 is 7.70. The summed E-state index contributed by atoms with van der Waals surface area (Å²) >= 11 is 0. The van der Waals surface area contributed by atoms with E-state index in [1.54, 1.807) is 0 Å². The van der Waals surface area contributed by atoms with Crippen molar-refractivity contribution in [3.05, 3.63) is 41.5 Å². The second kappa shape index (κ2) is 6.86. The van der Waals surface area contributed by atoms with Crippen molar-refractivity contribution in [2.45, 2.75) is 50.5 Å². The number of hydrogen-bond donors (Lipinski definition) is 1. The van der Waals surface area contributed by atoms with Gasteiger partial charge >= 0.3 is 0 Å². The number of fused-ring (bicyclic) bond motifs is 1. The average molecular weight is 340 g/mol. The van der Waals surface area contributed by atoms with Gasteiger partial charge in [0, 0.05) is 19.4 Å². The first-order chi connectivity index (χ1) is 12.2. The quantitative estimate of drug-likeness (QED) is 0.908. The van der Waals surface area contributed by atoms with Gasteiger partial charge in [0.15, 0.2) is 5.82 Å². The van der Waals surface area contributed by atoms with Gasteiger partial charge in [0.1, 0.15) is 11.6 Å². The number of nitrogens with zero attached hydrogens (tertiary/aromatic N) is 3. The zero-order valence-electron chi connectivity index (χ0n) is 14.6. The van der Waals surface area contributed by atoms with E-state index < -0.39 is 0 Å². The van der Waals surface area contributed by atoms with Crippen molar-refractivity contribution in [1.29, 1.82) is 0 Å². The SMILES string of the molecule is Cn1c(CNC(=O)C[C@H]2CCOc3ccccc32)nnc1C1CCC1. The summed E-state index contributed by atoms with van der Waals surface area (Å²) in [7, 11) is 1.99. The Labute approximate surface area is 147 Å². The summed E-state index contributed by atoms with van der Waals surface area (Å²) in [4.78, 5) is 12.4. The second-order valence-corrected chi connectivity index (χ2v) is 7.01. The molecule has 25 heavy (non-hydrogen) atoms. The Morgan fingerprint density at radius 2 is 2.12 bits per heavy atom. The molecule has 1 fully saturated rings. The standard InChI is InChI=1S/C19H24N4O2/c1-23-17(21-22-19(23)13-5-4-6-13)12-20-18(24)11-14-9-10-25-16-8-3-2-7-15(14)16/h2-3,7-8,13-14H,4-6,9-12H2,1H3,(H,20,24)/t14-/m1/s1. The number of aromatic nitrogens is 3. The van der Waals surface area contributed by atoms with E-state index in [0.717, 1.165) is 29.4 Å². The van der Waals surface area contributed by atoms with Gasteiger partial charge in [0.2, 0.25) is 5.91 Å². The summed E-state index contributed by atoms with van der Waals surface area (Å²) in [6, 6.07) is 8.00. The molecule has 1 amide bonds. The highest BCUT2D eigenvalue weighted by molar-refractivity contribution is 5.77. The number of para-hydroxylation sites is 1. The summed E-state index contributed by atoms with van der Waals surface area (Å²) in [5.74, 6) is 3.59. The fourth-order valence-electron chi connectivity index (χ4n) is 3.65. The van der Waals surface area contributed by atoms with Gasteiger partial charge in [-0.15, -0.1) is 10.2 Å². The maximum atomic E-state index is 12.4. The fraction of sp³-hybridized carbons (Fsp3) is 0.526. The normalized spacial score (nSPS) is 19.6. The Morgan fingerprint density at radius 3 is 2.92 bits per heavy atom. The van der Waals surface area contributed by atoms with Gasteiger partial charge in [-0.3, -0.25) is 4.79 Å². The molecule has 1 N–H and O–H groups in total. The number of nitrogens with one attached hydrogen (secondary N) is 1. The highest BCUT2D eigenvalue weighted by atomic mass is 16.5. The van der Waals surface area contributed by atoms with Crippen molar-refractivity contribution in [3.63, 3.8) is 0 Å². The highest BCUT2D eigenvalue weighted by Gasteiger charge is 2.26.